The minimum atomic E-state index is -0.680. The molecule has 3 heteroatoms. The summed E-state index contributed by atoms with van der Waals surface area (Å²) in [5.41, 5.74) is 2.67. The summed E-state index contributed by atoms with van der Waals surface area (Å²) >= 11 is 0. The Labute approximate surface area is 113 Å². The zero-order chi connectivity index (χ0) is 13.0. The van der Waals surface area contributed by atoms with Crippen molar-refractivity contribution in [3.8, 4) is 0 Å². The van der Waals surface area contributed by atoms with Crippen molar-refractivity contribution in [1.82, 2.24) is 5.32 Å². The van der Waals surface area contributed by atoms with Crippen LogP contribution >= 0.6 is 0 Å². The fourth-order valence-electron chi connectivity index (χ4n) is 2.45. The van der Waals surface area contributed by atoms with Crippen LogP contribution in [0, 0.1) is 0 Å². The highest BCUT2D eigenvalue weighted by molar-refractivity contribution is 7.85. The lowest BCUT2D eigenvalue weighted by Gasteiger charge is -2.19. The van der Waals surface area contributed by atoms with E-state index in [0.717, 1.165) is 24.3 Å². The summed E-state index contributed by atoms with van der Waals surface area (Å²) in [4.78, 5) is 0. The average Bonchev–Trinajstić information content (AvgIpc) is 2.53. The molecular formula is C15H23NOS. The normalized spacial score (nSPS) is 28.9. The molecule has 0 bridgehead atoms. The molecule has 1 aromatic carbocycles. The molecule has 18 heavy (non-hydrogen) atoms. The minimum absolute atomic E-state index is 0.249. The van der Waals surface area contributed by atoms with Gasteiger partial charge in [-0.05, 0) is 30.9 Å². The van der Waals surface area contributed by atoms with E-state index in [4.69, 9.17) is 0 Å². The molecule has 0 aliphatic carbocycles. The summed E-state index contributed by atoms with van der Waals surface area (Å²) < 4.78 is 11.9. The zero-order valence-corrected chi connectivity index (χ0v) is 12.1. The van der Waals surface area contributed by atoms with Crippen LogP contribution < -0.4 is 5.32 Å². The van der Waals surface area contributed by atoms with E-state index >= 15 is 0 Å². The van der Waals surface area contributed by atoms with Crippen LogP contribution in [0.3, 0.4) is 0 Å². The van der Waals surface area contributed by atoms with E-state index in [2.05, 4.69) is 43.4 Å². The standard InChI is InChI=1S/C15H23NOS/c1-3-4-13-5-7-14(8-6-13)15-11-18(17)10-9-12(2)16-15/h5-8,12,15-16H,3-4,9-11H2,1-2H3. The third-order valence-corrected chi connectivity index (χ3v) is 4.93. The van der Waals surface area contributed by atoms with E-state index in [0.29, 0.717) is 6.04 Å². The first kappa shape index (κ1) is 13.8. The smallest absolute Gasteiger partial charge is 0.0438 e. The number of aryl methyl sites for hydroxylation is 1. The predicted octanol–water partition coefficient (Wildman–Crippen LogP) is 2.81. The Morgan fingerprint density at radius 1 is 1.33 bits per heavy atom. The molecule has 0 aromatic heterocycles. The fraction of sp³-hybridized carbons (Fsp3) is 0.600. The highest BCUT2D eigenvalue weighted by atomic mass is 32.2. The lowest BCUT2D eigenvalue weighted by atomic mass is 10.0. The van der Waals surface area contributed by atoms with E-state index in [1.165, 1.54) is 17.5 Å². The molecule has 1 aromatic rings. The van der Waals surface area contributed by atoms with Gasteiger partial charge in [0.2, 0.25) is 0 Å². The molecule has 1 N–H and O–H groups in total. The highest BCUT2D eigenvalue weighted by Crippen LogP contribution is 2.20. The maximum atomic E-state index is 11.9. The summed E-state index contributed by atoms with van der Waals surface area (Å²) in [6.07, 6.45) is 3.33. The van der Waals surface area contributed by atoms with Crippen molar-refractivity contribution in [1.29, 1.82) is 0 Å². The Morgan fingerprint density at radius 3 is 2.72 bits per heavy atom. The first-order valence-electron chi connectivity index (χ1n) is 6.89. The van der Waals surface area contributed by atoms with Gasteiger partial charge in [0.15, 0.2) is 0 Å². The third kappa shape index (κ3) is 3.66. The quantitative estimate of drug-likeness (QED) is 0.910. The van der Waals surface area contributed by atoms with Crippen molar-refractivity contribution in [2.24, 2.45) is 0 Å². The zero-order valence-electron chi connectivity index (χ0n) is 11.3. The van der Waals surface area contributed by atoms with Crippen LogP contribution in [0.15, 0.2) is 24.3 Å². The number of nitrogens with one attached hydrogen (secondary N) is 1. The maximum Gasteiger partial charge on any atom is 0.0438 e. The van der Waals surface area contributed by atoms with Gasteiger partial charge in [0.1, 0.15) is 0 Å². The van der Waals surface area contributed by atoms with Gasteiger partial charge in [-0.25, -0.2) is 0 Å². The van der Waals surface area contributed by atoms with Gasteiger partial charge in [-0.15, -0.1) is 0 Å². The molecule has 100 valence electrons. The van der Waals surface area contributed by atoms with Crippen molar-refractivity contribution in [2.45, 2.75) is 45.2 Å². The van der Waals surface area contributed by atoms with E-state index in [1.54, 1.807) is 0 Å². The van der Waals surface area contributed by atoms with Gasteiger partial charge in [0.25, 0.3) is 0 Å². The van der Waals surface area contributed by atoms with Crippen molar-refractivity contribution < 1.29 is 4.21 Å². The molecule has 0 saturated carbocycles. The Hall–Kier alpha value is -0.670. The van der Waals surface area contributed by atoms with E-state index < -0.39 is 10.8 Å². The van der Waals surface area contributed by atoms with Gasteiger partial charge in [0.05, 0.1) is 0 Å². The lowest BCUT2D eigenvalue weighted by Crippen LogP contribution is -2.30. The summed E-state index contributed by atoms with van der Waals surface area (Å²) in [5, 5.41) is 3.58. The molecule has 2 rings (SSSR count). The Kier molecular flexibility index (Phi) is 4.95. The van der Waals surface area contributed by atoms with Crippen LogP contribution in [0.1, 0.15) is 43.9 Å². The molecular weight excluding hydrogens is 242 g/mol. The molecule has 1 aliphatic rings. The number of rotatable bonds is 3. The molecule has 2 nitrogen and oxygen atoms in total. The second-order valence-corrected chi connectivity index (χ2v) is 6.83. The van der Waals surface area contributed by atoms with Gasteiger partial charge in [0, 0.05) is 34.4 Å². The van der Waals surface area contributed by atoms with Crippen LogP contribution in [0.2, 0.25) is 0 Å². The van der Waals surface area contributed by atoms with Crippen molar-refractivity contribution in [3.05, 3.63) is 35.4 Å². The van der Waals surface area contributed by atoms with Crippen LogP contribution in [-0.4, -0.2) is 21.8 Å². The van der Waals surface area contributed by atoms with Gasteiger partial charge in [-0.1, -0.05) is 37.6 Å². The van der Waals surface area contributed by atoms with Crippen LogP contribution in [0.5, 0.6) is 0 Å². The number of benzene rings is 1. The SMILES string of the molecule is CCCc1ccc(C2CS(=O)CCC(C)N2)cc1. The molecule has 0 radical (unpaired) electrons. The van der Waals surface area contributed by atoms with Crippen molar-refractivity contribution in [3.63, 3.8) is 0 Å². The first-order chi connectivity index (χ1) is 8.69. The summed E-state index contributed by atoms with van der Waals surface area (Å²) in [7, 11) is -0.680. The number of hydrogen-bond donors (Lipinski definition) is 1. The molecule has 3 unspecified atom stereocenters. The maximum absolute atomic E-state index is 11.9. The summed E-state index contributed by atoms with van der Waals surface area (Å²) in [6.45, 7) is 4.38. The summed E-state index contributed by atoms with van der Waals surface area (Å²) in [5.74, 6) is 1.58. The highest BCUT2D eigenvalue weighted by Gasteiger charge is 2.21. The Balaban J connectivity index is 2.11. The molecule has 3 atom stereocenters. The van der Waals surface area contributed by atoms with E-state index in [9.17, 15) is 4.21 Å². The second-order valence-electron chi connectivity index (χ2n) is 5.21. The van der Waals surface area contributed by atoms with Crippen molar-refractivity contribution >= 4 is 10.8 Å². The molecule has 1 aliphatic heterocycles. The predicted molar refractivity (Wildman–Crippen MR) is 78.3 cm³/mol. The third-order valence-electron chi connectivity index (χ3n) is 3.54. The minimum Gasteiger partial charge on any atom is -0.307 e. The van der Waals surface area contributed by atoms with Crippen LogP contribution in [0.25, 0.3) is 0 Å². The Bertz CT molecular complexity index is 401. The van der Waals surface area contributed by atoms with E-state index in [1.807, 2.05) is 0 Å². The van der Waals surface area contributed by atoms with Crippen LogP contribution in [-0.2, 0) is 17.2 Å². The molecule has 1 fully saturated rings. The fourth-order valence-corrected chi connectivity index (χ4v) is 3.89. The van der Waals surface area contributed by atoms with Gasteiger partial charge >= 0.3 is 0 Å². The molecule has 1 heterocycles. The van der Waals surface area contributed by atoms with Crippen LogP contribution in [0.4, 0.5) is 0 Å². The largest absolute Gasteiger partial charge is 0.307 e. The Morgan fingerprint density at radius 2 is 2.06 bits per heavy atom. The molecule has 0 spiro atoms. The average molecular weight is 265 g/mol. The number of hydrogen-bond acceptors (Lipinski definition) is 2. The second kappa shape index (κ2) is 6.48. The van der Waals surface area contributed by atoms with E-state index in [-0.39, 0.29) is 6.04 Å². The first-order valence-corrected chi connectivity index (χ1v) is 8.37. The monoisotopic (exact) mass is 265 g/mol. The summed E-state index contributed by atoms with van der Waals surface area (Å²) in [6, 6.07) is 9.50. The van der Waals surface area contributed by atoms with Gasteiger partial charge in [-0.2, -0.15) is 0 Å². The van der Waals surface area contributed by atoms with Crippen molar-refractivity contribution in [2.75, 3.05) is 11.5 Å². The molecule has 0 amide bonds. The topological polar surface area (TPSA) is 29.1 Å². The van der Waals surface area contributed by atoms with Gasteiger partial charge in [-0.3, -0.25) is 4.21 Å². The molecule has 1 saturated heterocycles. The lowest BCUT2D eigenvalue weighted by molar-refractivity contribution is 0.484. The van der Waals surface area contributed by atoms with Gasteiger partial charge < -0.3 is 5.32 Å².